The summed E-state index contributed by atoms with van der Waals surface area (Å²) in [5.74, 6) is -1.53. The first kappa shape index (κ1) is 21.3. The zero-order valence-electron chi connectivity index (χ0n) is 17.0. The molecule has 1 aliphatic rings. The van der Waals surface area contributed by atoms with Crippen LogP contribution in [0.25, 0.3) is 5.00 Å². The Bertz CT molecular complexity index is 1100. The topological polar surface area (TPSA) is 102 Å². The standard InChI is InChI=1S/C21H22N4O4S2/c1-13-12-30-18(22-13)10-16(26)23-24-17(27)11-29-21(28)19-14-6-2-3-7-15(14)31-20(19)25-8-4-5-9-25/h4-5,8-9,12H,2-3,6-7,10-11H2,1H3,(H,23,26)(H,24,27). The number of hydrogen-bond donors (Lipinski definition) is 2. The van der Waals surface area contributed by atoms with Gasteiger partial charge in [-0.1, -0.05) is 0 Å². The predicted octanol–water partition coefficient (Wildman–Crippen LogP) is 2.73. The van der Waals surface area contributed by atoms with Gasteiger partial charge in [-0.2, -0.15) is 0 Å². The molecule has 31 heavy (non-hydrogen) atoms. The van der Waals surface area contributed by atoms with Gasteiger partial charge in [0.1, 0.15) is 10.0 Å². The summed E-state index contributed by atoms with van der Waals surface area (Å²) < 4.78 is 7.19. The van der Waals surface area contributed by atoms with Crippen LogP contribution < -0.4 is 10.9 Å². The van der Waals surface area contributed by atoms with E-state index in [1.165, 1.54) is 16.2 Å². The van der Waals surface area contributed by atoms with E-state index in [1.54, 1.807) is 11.3 Å². The average Bonchev–Trinajstić information content (AvgIpc) is 3.50. The Morgan fingerprint density at radius 1 is 1.13 bits per heavy atom. The van der Waals surface area contributed by atoms with Crippen molar-refractivity contribution < 1.29 is 19.1 Å². The smallest absolute Gasteiger partial charge is 0.341 e. The molecular weight excluding hydrogens is 436 g/mol. The van der Waals surface area contributed by atoms with E-state index in [4.69, 9.17) is 4.74 Å². The van der Waals surface area contributed by atoms with E-state index in [1.807, 2.05) is 41.4 Å². The summed E-state index contributed by atoms with van der Waals surface area (Å²) >= 11 is 2.98. The van der Waals surface area contributed by atoms with Crippen molar-refractivity contribution >= 4 is 40.5 Å². The van der Waals surface area contributed by atoms with Crippen LogP contribution in [0.2, 0.25) is 0 Å². The number of fused-ring (bicyclic) bond motifs is 1. The minimum atomic E-state index is -0.608. The SMILES string of the molecule is Cc1csc(CC(=O)NNC(=O)COC(=O)c2c(-n3cccc3)sc3c2CCCC3)n1. The number of carbonyl (C=O) groups excluding carboxylic acids is 3. The van der Waals surface area contributed by atoms with Crippen molar-refractivity contribution in [2.24, 2.45) is 0 Å². The lowest BCUT2D eigenvalue weighted by Gasteiger charge is -2.13. The number of nitrogens with one attached hydrogen (secondary N) is 2. The van der Waals surface area contributed by atoms with Crippen molar-refractivity contribution in [3.8, 4) is 5.00 Å². The van der Waals surface area contributed by atoms with Crippen molar-refractivity contribution in [1.82, 2.24) is 20.4 Å². The van der Waals surface area contributed by atoms with Gasteiger partial charge in [-0.15, -0.1) is 22.7 Å². The maximum atomic E-state index is 12.9. The Morgan fingerprint density at radius 3 is 2.61 bits per heavy atom. The van der Waals surface area contributed by atoms with Crippen LogP contribution in [0.3, 0.4) is 0 Å². The number of nitrogens with zero attached hydrogens (tertiary/aromatic N) is 2. The highest BCUT2D eigenvalue weighted by atomic mass is 32.1. The summed E-state index contributed by atoms with van der Waals surface area (Å²) in [4.78, 5) is 42.3. The molecule has 162 valence electrons. The van der Waals surface area contributed by atoms with E-state index >= 15 is 0 Å². The van der Waals surface area contributed by atoms with Crippen molar-refractivity contribution in [3.05, 3.63) is 56.6 Å². The number of rotatable bonds is 6. The Balaban J connectivity index is 1.35. The lowest BCUT2D eigenvalue weighted by Crippen LogP contribution is -2.44. The fourth-order valence-corrected chi connectivity index (χ4v) is 5.57. The van der Waals surface area contributed by atoms with E-state index in [2.05, 4.69) is 15.8 Å². The number of esters is 1. The van der Waals surface area contributed by atoms with Gasteiger partial charge in [0.2, 0.25) is 5.91 Å². The van der Waals surface area contributed by atoms with Gasteiger partial charge in [0.25, 0.3) is 5.91 Å². The minimum Gasteiger partial charge on any atom is -0.452 e. The molecule has 0 unspecified atom stereocenters. The van der Waals surface area contributed by atoms with Crippen LogP contribution in [-0.4, -0.2) is 33.9 Å². The molecule has 2 N–H and O–H groups in total. The van der Waals surface area contributed by atoms with Crippen LogP contribution in [0.4, 0.5) is 0 Å². The zero-order chi connectivity index (χ0) is 21.8. The number of hydrogen-bond acceptors (Lipinski definition) is 7. The molecule has 1 aliphatic carbocycles. The molecule has 0 bridgehead atoms. The van der Waals surface area contributed by atoms with Gasteiger partial charge in [0.05, 0.1) is 12.0 Å². The van der Waals surface area contributed by atoms with Gasteiger partial charge in [-0.25, -0.2) is 9.78 Å². The van der Waals surface area contributed by atoms with Gasteiger partial charge >= 0.3 is 5.97 Å². The molecule has 0 atom stereocenters. The Hall–Kier alpha value is -2.98. The monoisotopic (exact) mass is 458 g/mol. The van der Waals surface area contributed by atoms with Crippen LogP contribution in [-0.2, 0) is 33.6 Å². The number of ether oxygens (including phenoxy) is 1. The second-order valence-corrected chi connectivity index (χ2v) is 9.24. The van der Waals surface area contributed by atoms with E-state index in [-0.39, 0.29) is 6.42 Å². The number of aromatic nitrogens is 2. The van der Waals surface area contributed by atoms with Gasteiger partial charge in [-0.3, -0.25) is 20.4 Å². The average molecular weight is 459 g/mol. The molecule has 3 aromatic heterocycles. The summed E-state index contributed by atoms with van der Waals surface area (Å²) in [6, 6.07) is 3.80. The van der Waals surface area contributed by atoms with Crippen LogP contribution in [0.15, 0.2) is 29.9 Å². The fourth-order valence-electron chi connectivity index (χ4n) is 3.46. The third-order valence-electron chi connectivity index (χ3n) is 4.85. The molecule has 0 radical (unpaired) electrons. The molecule has 4 rings (SSSR count). The highest BCUT2D eigenvalue weighted by molar-refractivity contribution is 7.15. The van der Waals surface area contributed by atoms with E-state index in [9.17, 15) is 14.4 Å². The molecule has 2 amide bonds. The number of thiophene rings is 1. The molecule has 0 saturated heterocycles. The molecule has 8 nitrogen and oxygen atoms in total. The summed E-state index contributed by atoms with van der Waals surface area (Å²) in [7, 11) is 0. The van der Waals surface area contributed by atoms with Gasteiger partial charge < -0.3 is 9.30 Å². The summed E-state index contributed by atoms with van der Waals surface area (Å²) in [6.07, 6.45) is 7.76. The molecule has 3 heterocycles. The number of carbonyl (C=O) groups is 3. The first-order chi connectivity index (χ1) is 15.0. The Kier molecular flexibility index (Phi) is 6.47. The molecule has 10 heteroatoms. The second-order valence-electron chi connectivity index (χ2n) is 7.21. The largest absolute Gasteiger partial charge is 0.452 e. The first-order valence-corrected chi connectivity index (χ1v) is 11.6. The molecular formula is C21H22N4O4S2. The van der Waals surface area contributed by atoms with E-state index < -0.39 is 24.4 Å². The van der Waals surface area contributed by atoms with Crippen molar-refractivity contribution in [1.29, 1.82) is 0 Å². The second kappa shape index (κ2) is 9.44. The number of thiazole rings is 1. The predicted molar refractivity (Wildman–Crippen MR) is 117 cm³/mol. The summed E-state index contributed by atoms with van der Waals surface area (Å²) in [5.41, 5.74) is 7.00. The Morgan fingerprint density at radius 2 is 1.87 bits per heavy atom. The molecule has 0 aliphatic heterocycles. The van der Waals surface area contributed by atoms with E-state index in [0.29, 0.717) is 10.6 Å². The van der Waals surface area contributed by atoms with Crippen molar-refractivity contribution in [3.63, 3.8) is 0 Å². The van der Waals surface area contributed by atoms with Crippen molar-refractivity contribution in [2.45, 2.75) is 39.0 Å². The molecule has 3 aromatic rings. The zero-order valence-corrected chi connectivity index (χ0v) is 18.6. The first-order valence-electron chi connectivity index (χ1n) is 9.95. The van der Waals surface area contributed by atoms with E-state index in [0.717, 1.165) is 41.9 Å². The highest BCUT2D eigenvalue weighted by Crippen LogP contribution is 2.37. The molecule has 0 spiro atoms. The lowest BCUT2D eigenvalue weighted by molar-refractivity contribution is -0.130. The molecule has 0 aromatic carbocycles. The van der Waals surface area contributed by atoms with Crippen LogP contribution in [0.5, 0.6) is 0 Å². The fraction of sp³-hybridized carbons (Fsp3) is 0.333. The molecule has 0 fully saturated rings. The van der Waals surface area contributed by atoms with Gasteiger partial charge in [0.15, 0.2) is 6.61 Å². The minimum absolute atomic E-state index is 0.0693. The van der Waals surface area contributed by atoms with Crippen molar-refractivity contribution in [2.75, 3.05) is 6.61 Å². The lowest BCUT2D eigenvalue weighted by atomic mass is 9.95. The maximum Gasteiger partial charge on any atom is 0.341 e. The summed E-state index contributed by atoms with van der Waals surface area (Å²) in [5, 5.41) is 3.33. The summed E-state index contributed by atoms with van der Waals surface area (Å²) in [6.45, 7) is 1.37. The number of amides is 2. The third kappa shape index (κ3) is 5.02. The number of aryl methyl sites for hydroxylation is 2. The number of hydrazine groups is 1. The Labute approximate surface area is 187 Å². The van der Waals surface area contributed by atoms with Gasteiger partial charge in [-0.05, 0) is 50.3 Å². The third-order valence-corrected chi connectivity index (χ3v) is 7.12. The quantitative estimate of drug-likeness (QED) is 0.437. The van der Waals surface area contributed by atoms with Gasteiger partial charge in [0, 0.05) is 28.3 Å². The molecule has 0 saturated carbocycles. The normalized spacial score (nSPS) is 12.8. The highest BCUT2D eigenvalue weighted by Gasteiger charge is 2.27. The van der Waals surface area contributed by atoms with Crippen LogP contribution in [0.1, 0.15) is 44.3 Å². The maximum absolute atomic E-state index is 12.9. The van der Waals surface area contributed by atoms with Crippen LogP contribution >= 0.6 is 22.7 Å². The van der Waals surface area contributed by atoms with Crippen LogP contribution in [0, 0.1) is 6.92 Å².